The number of hydrogen-bond acceptors (Lipinski definition) is 3. The van der Waals surface area contributed by atoms with E-state index < -0.39 is 0 Å². The Balaban J connectivity index is 2.15. The van der Waals surface area contributed by atoms with E-state index in [9.17, 15) is 4.79 Å². The molecule has 0 aliphatic carbocycles. The lowest BCUT2D eigenvalue weighted by Gasteiger charge is -2.30. The molecule has 1 saturated heterocycles. The van der Waals surface area contributed by atoms with E-state index in [4.69, 9.17) is 5.73 Å². The van der Waals surface area contributed by atoms with Crippen LogP contribution in [0.1, 0.15) is 23.3 Å². The number of amides is 1. The molecule has 1 aromatic rings. The number of nitrogens with zero attached hydrogens (tertiary/aromatic N) is 3. The van der Waals surface area contributed by atoms with Crippen LogP contribution in [0.3, 0.4) is 0 Å². The van der Waals surface area contributed by atoms with Crippen LogP contribution in [-0.4, -0.2) is 39.5 Å². The van der Waals surface area contributed by atoms with Crippen LogP contribution in [0.2, 0.25) is 0 Å². The number of likely N-dealkylation sites (tertiary alicyclic amines) is 1. The molecule has 1 amide bonds. The number of piperidine rings is 1. The van der Waals surface area contributed by atoms with Gasteiger partial charge in [-0.2, -0.15) is 0 Å². The summed E-state index contributed by atoms with van der Waals surface area (Å²) in [5.41, 5.74) is 6.46. The first-order chi connectivity index (χ1) is 7.59. The number of halogens is 1. The maximum atomic E-state index is 12.2. The van der Waals surface area contributed by atoms with Gasteiger partial charge in [0.05, 0.1) is 6.20 Å². The zero-order valence-corrected chi connectivity index (χ0v) is 10.8. The highest BCUT2D eigenvalue weighted by atomic mass is 79.9. The van der Waals surface area contributed by atoms with E-state index in [0.717, 1.165) is 19.4 Å². The van der Waals surface area contributed by atoms with Gasteiger partial charge >= 0.3 is 0 Å². The Bertz CT molecular complexity index is 404. The van der Waals surface area contributed by atoms with E-state index in [1.54, 1.807) is 15.7 Å². The van der Waals surface area contributed by atoms with Gasteiger partial charge < -0.3 is 15.2 Å². The van der Waals surface area contributed by atoms with E-state index in [2.05, 4.69) is 20.9 Å². The van der Waals surface area contributed by atoms with Gasteiger partial charge in [0, 0.05) is 26.2 Å². The molecular formula is C10H15BrN4O. The van der Waals surface area contributed by atoms with Crippen molar-refractivity contribution in [2.75, 3.05) is 13.1 Å². The summed E-state index contributed by atoms with van der Waals surface area (Å²) in [6.45, 7) is 1.43. The van der Waals surface area contributed by atoms with Crippen LogP contribution >= 0.6 is 15.9 Å². The number of carbonyl (C=O) groups excluding carboxylic acids is 1. The van der Waals surface area contributed by atoms with Gasteiger partial charge in [-0.25, -0.2) is 4.98 Å². The fourth-order valence-corrected chi connectivity index (χ4v) is 2.24. The quantitative estimate of drug-likeness (QED) is 0.829. The molecule has 88 valence electrons. The van der Waals surface area contributed by atoms with Crippen LogP contribution in [-0.2, 0) is 7.05 Å². The minimum atomic E-state index is 0.0100. The summed E-state index contributed by atoms with van der Waals surface area (Å²) < 4.78 is 2.40. The van der Waals surface area contributed by atoms with Gasteiger partial charge in [-0.3, -0.25) is 4.79 Å². The average Bonchev–Trinajstić information content (AvgIpc) is 2.59. The molecule has 6 heteroatoms. The van der Waals surface area contributed by atoms with Crippen LogP contribution in [0.15, 0.2) is 10.9 Å². The Kier molecular flexibility index (Phi) is 3.30. The zero-order chi connectivity index (χ0) is 11.7. The Morgan fingerprint density at radius 2 is 2.44 bits per heavy atom. The predicted octanol–water partition coefficient (Wildman–Crippen LogP) is 0.746. The number of rotatable bonds is 1. The molecule has 1 atom stereocenters. The smallest absolute Gasteiger partial charge is 0.272 e. The van der Waals surface area contributed by atoms with Crippen LogP contribution in [0, 0.1) is 0 Å². The first-order valence-corrected chi connectivity index (χ1v) is 6.11. The lowest BCUT2D eigenvalue weighted by molar-refractivity contribution is 0.0699. The van der Waals surface area contributed by atoms with Gasteiger partial charge in [-0.05, 0) is 28.8 Å². The first kappa shape index (κ1) is 11.6. The second-order valence-corrected chi connectivity index (χ2v) is 4.83. The lowest BCUT2D eigenvalue weighted by atomic mass is 10.1. The number of hydrogen-bond donors (Lipinski definition) is 1. The molecule has 0 aromatic carbocycles. The van der Waals surface area contributed by atoms with Crippen molar-refractivity contribution in [2.45, 2.75) is 18.9 Å². The fourth-order valence-electron chi connectivity index (χ4n) is 1.94. The lowest BCUT2D eigenvalue weighted by Crippen LogP contribution is -2.46. The topological polar surface area (TPSA) is 64.2 Å². The van der Waals surface area contributed by atoms with Crippen LogP contribution in [0.5, 0.6) is 0 Å². The highest BCUT2D eigenvalue weighted by Crippen LogP contribution is 2.15. The minimum Gasteiger partial charge on any atom is -0.336 e. The van der Waals surface area contributed by atoms with E-state index in [1.165, 1.54) is 0 Å². The number of aromatic nitrogens is 2. The predicted molar refractivity (Wildman–Crippen MR) is 64.0 cm³/mol. The third-order valence-corrected chi connectivity index (χ3v) is 3.63. The van der Waals surface area contributed by atoms with Crippen molar-refractivity contribution in [3.05, 3.63) is 16.6 Å². The molecule has 1 unspecified atom stereocenters. The second-order valence-electron chi connectivity index (χ2n) is 4.12. The third kappa shape index (κ3) is 2.12. The second kappa shape index (κ2) is 4.55. The van der Waals surface area contributed by atoms with Gasteiger partial charge in [0.2, 0.25) is 0 Å². The molecule has 0 bridgehead atoms. The zero-order valence-electron chi connectivity index (χ0n) is 9.19. The summed E-state index contributed by atoms with van der Waals surface area (Å²) in [4.78, 5) is 18.0. The molecule has 1 aliphatic rings. The largest absolute Gasteiger partial charge is 0.336 e. The molecule has 0 radical (unpaired) electrons. The Labute approximate surface area is 103 Å². The van der Waals surface area contributed by atoms with Crippen molar-refractivity contribution in [3.8, 4) is 0 Å². The maximum Gasteiger partial charge on any atom is 0.272 e. The molecule has 1 fully saturated rings. The van der Waals surface area contributed by atoms with E-state index in [0.29, 0.717) is 17.0 Å². The van der Waals surface area contributed by atoms with Gasteiger partial charge in [0.1, 0.15) is 5.69 Å². The summed E-state index contributed by atoms with van der Waals surface area (Å²) in [7, 11) is 1.81. The van der Waals surface area contributed by atoms with Crippen molar-refractivity contribution >= 4 is 21.8 Å². The Morgan fingerprint density at radius 1 is 1.69 bits per heavy atom. The summed E-state index contributed by atoms with van der Waals surface area (Å²) >= 11 is 3.28. The summed E-state index contributed by atoms with van der Waals surface area (Å²) in [5, 5.41) is 0. The average molecular weight is 287 g/mol. The molecule has 2 rings (SSSR count). The first-order valence-electron chi connectivity index (χ1n) is 5.31. The summed E-state index contributed by atoms with van der Waals surface area (Å²) in [5.74, 6) is 0.0100. The van der Waals surface area contributed by atoms with Crippen molar-refractivity contribution in [1.82, 2.24) is 14.5 Å². The normalized spacial score (nSPS) is 21.2. The van der Waals surface area contributed by atoms with E-state index in [-0.39, 0.29) is 11.9 Å². The van der Waals surface area contributed by atoms with Crippen molar-refractivity contribution < 1.29 is 4.79 Å². The van der Waals surface area contributed by atoms with Gasteiger partial charge in [-0.15, -0.1) is 0 Å². The SMILES string of the molecule is Cn1c(C(=O)N2CCCC(N)C2)cnc1Br. The molecular weight excluding hydrogens is 272 g/mol. The fraction of sp³-hybridized carbons (Fsp3) is 0.600. The van der Waals surface area contributed by atoms with E-state index >= 15 is 0 Å². The van der Waals surface area contributed by atoms with Crippen LogP contribution < -0.4 is 5.73 Å². The Hall–Kier alpha value is -0.880. The van der Waals surface area contributed by atoms with E-state index in [1.807, 2.05) is 7.05 Å². The van der Waals surface area contributed by atoms with Crippen LogP contribution in [0.25, 0.3) is 0 Å². The molecule has 5 nitrogen and oxygen atoms in total. The van der Waals surface area contributed by atoms with Gasteiger partial charge in [-0.1, -0.05) is 0 Å². The molecule has 1 aliphatic heterocycles. The Morgan fingerprint density at radius 3 is 3.00 bits per heavy atom. The molecule has 1 aromatic heterocycles. The summed E-state index contributed by atoms with van der Waals surface area (Å²) in [6.07, 6.45) is 3.57. The number of carbonyl (C=O) groups is 1. The number of nitrogens with two attached hydrogens (primary N) is 1. The molecule has 0 saturated carbocycles. The molecule has 2 N–H and O–H groups in total. The summed E-state index contributed by atoms with van der Waals surface area (Å²) in [6, 6.07) is 0.106. The van der Waals surface area contributed by atoms with Crippen molar-refractivity contribution in [3.63, 3.8) is 0 Å². The highest BCUT2D eigenvalue weighted by Gasteiger charge is 2.24. The van der Waals surface area contributed by atoms with Gasteiger partial charge in [0.25, 0.3) is 5.91 Å². The molecule has 16 heavy (non-hydrogen) atoms. The highest BCUT2D eigenvalue weighted by molar-refractivity contribution is 9.10. The molecule has 2 heterocycles. The van der Waals surface area contributed by atoms with Crippen LogP contribution in [0.4, 0.5) is 0 Å². The van der Waals surface area contributed by atoms with Gasteiger partial charge in [0.15, 0.2) is 4.73 Å². The third-order valence-electron chi connectivity index (χ3n) is 2.90. The maximum absolute atomic E-state index is 12.2. The monoisotopic (exact) mass is 286 g/mol. The minimum absolute atomic E-state index is 0.0100. The molecule has 0 spiro atoms. The number of imidazole rings is 1. The van der Waals surface area contributed by atoms with Crippen molar-refractivity contribution in [2.24, 2.45) is 12.8 Å². The standard InChI is InChI=1S/C10H15BrN4O/c1-14-8(5-13-10(14)11)9(16)15-4-2-3-7(12)6-15/h5,7H,2-4,6,12H2,1H3. The van der Waals surface area contributed by atoms with Crippen molar-refractivity contribution in [1.29, 1.82) is 0 Å².